The van der Waals surface area contributed by atoms with Gasteiger partial charge in [-0.3, -0.25) is 4.79 Å². The Bertz CT molecular complexity index is 803. The molecule has 5 nitrogen and oxygen atoms in total. The number of rotatable bonds is 4. The monoisotopic (exact) mass is 293 g/mol. The van der Waals surface area contributed by atoms with Gasteiger partial charge < -0.3 is 10.4 Å². The van der Waals surface area contributed by atoms with Gasteiger partial charge in [-0.25, -0.2) is 9.97 Å². The van der Waals surface area contributed by atoms with Crippen LogP contribution in [0.15, 0.2) is 55.1 Å². The number of carbonyl (C=O) groups excluding carboxylic acids is 1. The summed E-state index contributed by atoms with van der Waals surface area (Å²) in [5, 5.41) is 14.3. The van der Waals surface area contributed by atoms with Gasteiger partial charge in [-0.15, -0.1) is 0 Å². The first-order chi connectivity index (χ1) is 10.7. The van der Waals surface area contributed by atoms with E-state index < -0.39 is 0 Å². The minimum Gasteiger partial charge on any atom is -0.507 e. The molecule has 0 saturated heterocycles. The average molecular weight is 293 g/mol. The maximum atomic E-state index is 12.1. The lowest BCUT2D eigenvalue weighted by atomic mass is 10.1. The zero-order valence-corrected chi connectivity index (χ0v) is 11.9. The van der Waals surface area contributed by atoms with Gasteiger partial charge in [0, 0.05) is 35.3 Å². The third-order valence-electron chi connectivity index (χ3n) is 3.43. The highest BCUT2D eigenvalue weighted by Crippen LogP contribution is 2.29. The Morgan fingerprint density at radius 1 is 1.05 bits per heavy atom. The maximum absolute atomic E-state index is 12.1. The summed E-state index contributed by atoms with van der Waals surface area (Å²) in [4.78, 5) is 20.0. The van der Waals surface area contributed by atoms with E-state index >= 15 is 0 Å². The zero-order valence-electron chi connectivity index (χ0n) is 11.9. The second-order valence-electron chi connectivity index (χ2n) is 4.97. The lowest BCUT2D eigenvalue weighted by Gasteiger charge is -2.09. The van der Waals surface area contributed by atoms with Gasteiger partial charge in [-0.1, -0.05) is 24.3 Å². The van der Waals surface area contributed by atoms with Gasteiger partial charge in [0.2, 0.25) is 5.91 Å². The van der Waals surface area contributed by atoms with Crippen LogP contribution >= 0.6 is 0 Å². The Labute approximate surface area is 127 Å². The van der Waals surface area contributed by atoms with Crippen molar-refractivity contribution >= 4 is 22.4 Å². The van der Waals surface area contributed by atoms with Crippen LogP contribution in [0.1, 0.15) is 12.0 Å². The number of aryl methyl sites for hydroxylation is 1. The van der Waals surface area contributed by atoms with Crippen molar-refractivity contribution in [2.24, 2.45) is 0 Å². The largest absolute Gasteiger partial charge is 0.507 e. The van der Waals surface area contributed by atoms with Crippen molar-refractivity contribution in [2.75, 3.05) is 5.32 Å². The molecule has 0 unspecified atom stereocenters. The summed E-state index contributed by atoms with van der Waals surface area (Å²) >= 11 is 0. The minimum absolute atomic E-state index is 0.0836. The molecular formula is C17H15N3O2. The molecule has 3 rings (SSSR count). The van der Waals surface area contributed by atoms with Gasteiger partial charge in [0.05, 0.1) is 0 Å². The topological polar surface area (TPSA) is 75.1 Å². The molecule has 2 aromatic carbocycles. The van der Waals surface area contributed by atoms with Crippen molar-refractivity contribution in [2.45, 2.75) is 12.8 Å². The Balaban J connectivity index is 1.73. The molecule has 0 saturated carbocycles. The van der Waals surface area contributed by atoms with Crippen molar-refractivity contribution in [1.82, 2.24) is 9.97 Å². The summed E-state index contributed by atoms with van der Waals surface area (Å²) in [5.41, 5.74) is 1.62. The van der Waals surface area contributed by atoms with E-state index in [4.69, 9.17) is 0 Å². The van der Waals surface area contributed by atoms with Crippen LogP contribution in [0, 0.1) is 0 Å². The average Bonchev–Trinajstić information content (AvgIpc) is 2.55. The Morgan fingerprint density at radius 3 is 2.59 bits per heavy atom. The van der Waals surface area contributed by atoms with E-state index in [0.29, 0.717) is 18.5 Å². The number of aromatic nitrogens is 2. The predicted molar refractivity (Wildman–Crippen MR) is 84.6 cm³/mol. The summed E-state index contributed by atoms with van der Waals surface area (Å²) in [5.74, 6) is 0.120. The van der Waals surface area contributed by atoms with Gasteiger partial charge >= 0.3 is 0 Å². The number of nitrogens with one attached hydrogen (secondary N) is 1. The normalized spacial score (nSPS) is 10.5. The molecule has 5 heteroatoms. The Kier molecular flexibility index (Phi) is 3.96. The third-order valence-corrected chi connectivity index (χ3v) is 3.43. The molecule has 0 fully saturated rings. The number of anilines is 1. The molecule has 2 N–H and O–H groups in total. The Hall–Kier alpha value is -2.95. The molecule has 0 bridgehead atoms. The van der Waals surface area contributed by atoms with Crippen molar-refractivity contribution in [3.8, 4) is 5.75 Å². The molecule has 22 heavy (non-hydrogen) atoms. The summed E-state index contributed by atoms with van der Waals surface area (Å²) in [6.07, 6.45) is 5.81. The standard InChI is InChI=1S/C17H15N3O2/c21-16-6-2-3-13-14(16)4-1-5-15(13)20-17(22)8-7-12-9-18-11-19-10-12/h1-6,9-11,21H,7-8H2,(H,20,22). The maximum Gasteiger partial charge on any atom is 0.224 e. The number of nitrogens with zero attached hydrogens (tertiary/aromatic N) is 2. The van der Waals surface area contributed by atoms with Crippen LogP contribution in [0.2, 0.25) is 0 Å². The van der Waals surface area contributed by atoms with E-state index in [1.165, 1.54) is 6.33 Å². The second-order valence-corrected chi connectivity index (χ2v) is 4.97. The smallest absolute Gasteiger partial charge is 0.224 e. The second kappa shape index (κ2) is 6.22. The number of amides is 1. The third kappa shape index (κ3) is 3.03. The molecule has 0 spiro atoms. The highest BCUT2D eigenvalue weighted by atomic mass is 16.3. The fraction of sp³-hybridized carbons (Fsp3) is 0.118. The molecule has 3 aromatic rings. The summed E-state index contributed by atoms with van der Waals surface area (Å²) in [7, 11) is 0. The molecule has 1 aromatic heterocycles. The van der Waals surface area contributed by atoms with Crippen LogP contribution in [-0.2, 0) is 11.2 Å². The van der Waals surface area contributed by atoms with Gasteiger partial charge in [0.25, 0.3) is 0 Å². The fourth-order valence-corrected chi connectivity index (χ4v) is 2.33. The molecule has 0 aliphatic heterocycles. The van der Waals surface area contributed by atoms with Gasteiger partial charge in [-0.05, 0) is 24.1 Å². The molecule has 0 aliphatic carbocycles. The predicted octanol–water partition coefficient (Wildman–Crippen LogP) is 2.91. The number of hydrogen-bond donors (Lipinski definition) is 2. The summed E-state index contributed by atoms with van der Waals surface area (Å²) in [6, 6.07) is 10.7. The Morgan fingerprint density at radius 2 is 1.77 bits per heavy atom. The summed E-state index contributed by atoms with van der Waals surface area (Å²) < 4.78 is 0. The van der Waals surface area contributed by atoms with Crippen molar-refractivity contribution < 1.29 is 9.90 Å². The van der Waals surface area contributed by atoms with Crippen LogP contribution in [0.3, 0.4) is 0 Å². The molecular weight excluding hydrogens is 278 g/mol. The molecule has 0 atom stereocenters. The first-order valence-electron chi connectivity index (χ1n) is 6.98. The molecule has 1 amide bonds. The van der Waals surface area contributed by atoms with Gasteiger partial charge in [-0.2, -0.15) is 0 Å². The summed E-state index contributed by atoms with van der Waals surface area (Å²) in [6.45, 7) is 0. The van der Waals surface area contributed by atoms with Crippen molar-refractivity contribution in [1.29, 1.82) is 0 Å². The van der Waals surface area contributed by atoms with Crippen LogP contribution in [-0.4, -0.2) is 21.0 Å². The lowest BCUT2D eigenvalue weighted by molar-refractivity contribution is -0.116. The van der Waals surface area contributed by atoms with E-state index in [0.717, 1.165) is 16.3 Å². The molecule has 1 heterocycles. The number of phenols is 1. The number of fused-ring (bicyclic) bond motifs is 1. The zero-order chi connectivity index (χ0) is 15.4. The number of benzene rings is 2. The van der Waals surface area contributed by atoms with Crippen molar-refractivity contribution in [3.63, 3.8) is 0 Å². The van der Waals surface area contributed by atoms with E-state index in [1.54, 1.807) is 24.5 Å². The van der Waals surface area contributed by atoms with Crippen LogP contribution in [0.5, 0.6) is 5.75 Å². The highest BCUT2D eigenvalue weighted by Gasteiger charge is 2.08. The molecule has 0 aliphatic rings. The first-order valence-corrected chi connectivity index (χ1v) is 6.98. The van der Waals surface area contributed by atoms with Crippen LogP contribution in [0.4, 0.5) is 5.69 Å². The van der Waals surface area contributed by atoms with Gasteiger partial charge in [0.15, 0.2) is 0 Å². The highest BCUT2D eigenvalue weighted by molar-refractivity contribution is 6.03. The van der Waals surface area contributed by atoms with E-state index in [9.17, 15) is 9.90 Å². The number of carbonyl (C=O) groups is 1. The van der Waals surface area contributed by atoms with Gasteiger partial charge in [0.1, 0.15) is 12.1 Å². The number of hydrogen-bond acceptors (Lipinski definition) is 4. The molecule has 0 radical (unpaired) electrons. The lowest BCUT2D eigenvalue weighted by Crippen LogP contribution is -2.12. The van der Waals surface area contributed by atoms with E-state index in [-0.39, 0.29) is 11.7 Å². The number of phenolic OH excluding ortho intramolecular Hbond substituents is 1. The minimum atomic E-state index is -0.0836. The first kappa shape index (κ1) is 14.0. The van der Waals surface area contributed by atoms with Crippen LogP contribution < -0.4 is 5.32 Å². The number of aromatic hydroxyl groups is 1. The fourth-order valence-electron chi connectivity index (χ4n) is 2.33. The van der Waals surface area contributed by atoms with Crippen molar-refractivity contribution in [3.05, 3.63) is 60.7 Å². The quantitative estimate of drug-likeness (QED) is 0.775. The SMILES string of the molecule is O=C(CCc1cncnc1)Nc1cccc2c(O)cccc12. The van der Waals surface area contributed by atoms with E-state index in [1.807, 2.05) is 24.3 Å². The van der Waals surface area contributed by atoms with E-state index in [2.05, 4.69) is 15.3 Å². The molecule has 110 valence electrons. The van der Waals surface area contributed by atoms with Crippen LogP contribution in [0.25, 0.3) is 10.8 Å².